The first-order chi connectivity index (χ1) is 13.7. The maximum Gasteiger partial charge on any atom is -0.0809 e. The van der Waals surface area contributed by atoms with Crippen LogP contribution >= 0.6 is 17.0 Å². The molecule has 4 aromatic rings. The zero-order valence-corrected chi connectivity index (χ0v) is 21.3. The first kappa shape index (κ1) is 25.3. The second-order valence-corrected chi connectivity index (χ2v) is 10.7. The summed E-state index contributed by atoms with van der Waals surface area (Å²) in [6.07, 6.45) is 1.83. The number of benzene rings is 2. The minimum absolute atomic E-state index is 0.277. The van der Waals surface area contributed by atoms with E-state index in [9.17, 15) is 0 Å². The van der Waals surface area contributed by atoms with Crippen molar-refractivity contribution < 1.29 is 26.0 Å². The van der Waals surface area contributed by atoms with Gasteiger partial charge in [-0.2, -0.15) is 23.1 Å². The Balaban J connectivity index is 0.000000227. The summed E-state index contributed by atoms with van der Waals surface area (Å²) in [5.41, 5.74) is 1.35. The molecule has 4 aromatic carbocycles. The second-order valence-electron chi connectivity index (χ2n) is 6.00. The molecule has 5 heteroatoms. The molecule has 0 aliphatic carbocycles. The van der Waals surface area contributed by atoms with Gasteiger partial charge in [0, 0.05) is 16.1 Å². The van der Waals surface area contributed by atoms with Gasteiger partial charge in [-0.3, -0.25) is 0 Å². The van der Waals surface area contributed by atoms with Crippen LogP contribution in [-0.2, 0) is 27.3 Å². The molecule has 0 bridgehead atoms. The average molecular weight is 509 g/mol. The summed E-state index contributed by atoms with van der Waals surface area (Å²) < 4.78 is 0. The molecule has 0 amide bonds. The summed E-state index contributed by atoms with van der Waals surface area (Å²) >= 11 is -0.826. The van der Waals surface area contributed by atoms with Crippen molar-refractivity contribution in [3.63, 3.8) is 0 Å². The molecule has 146 valence electrons. The van der Waals surface area contributed by atoms with E-state index in [1.165, 1.54) is 27.1 Å². The number of hydrogen-bond acceptors (Lipinski definition) is 1. The van der Waals surface area contributed by atoms with Crippen LogP contribution in [0.5, 0.6) is 0 Å². The Morgan fingerprint density at radius 1 is 0.929 bits per heavy atom. The van der Waals surface area contributed by atoms with E-state index in [-0.39, 0.29) is 6.61 Å². The van der Waals surface area contributed by atoms with Crippen molar-refractivity contribution in [1.82, 2.24) is 0 Å². The number of aryl methyl sites for hydroxylation is 1. The normalized spacial score (nSPS) is 9.32. The van der Waals surface area contributed by atoms with Crippen LogP contribution in [0.3, 0.4) is 0 Å². The van der Waals surface area contributed by atoms with Crippen LogP contribution in [0.1, 0.15) is 12.0 Å². The molecule has 0 saturated carbocycles. The number of rotatable bonds is 3. The van der Waals surface area contributed by atoms with E-state index in [1.54, 1.807) is 0 Å². The van der Waals surface area contributed by atoms with Gasteiger partial charge in [-0.15, -0.1) is 70.8 Å². The van der Waals surface area contributed by atoms with E-state index in [0.29, 0.717) is 0 Å². The summed E-state index contributed by atoms with van der Waals surface area (Å²) in [5, 5.41) is 14.0. The molecule has 0 saturated heterocycles. The van der Waals surface area contributed by atoms with Crippen molar-refractivity contribution in [3.05, 3.63) is 84.4 Å². The third-order valence-electron chi connectivity index (χ3n) is 3.92. The van der Waals surface area contributed by atoms with Gasteiger partial charge in [-0.05, 0) is 6.42 Å². The van der Waals surface area contributed by atoms with Crippen molar-refractivity contribution in [3.8, 4) is 0 Å². The summed E-state index contributed by atoms with van der Waals surface area (Å²) in [6.45, 7) is 4.58. The number of aliphatic hydroxyl groups is 1. The number of fused-ring (bicyclic) bond motifs is 2. The van der Waals surface area contributed by atoms with Gasteiger partial charge in [-0.25, -0.2) is 0 Å². The molecule has 0 heterocycles. The van der Waals surface area contributed by atoms with E-state index >= 15 is 0 Å². The van der Waals surface area contributed by atoms with E-state index in [4.69, 9.17) is 22.1 Å². The van der Waals surface area contributed by atoms with E-state index < -0.39 is 20.8 Å². The summed E-state index contributed by atoms with van der Waals surface area (Å²) in [4.78, 5) is 0. The Hall–Kier alpha value is -0.700. The minimum Gasteiger partial charge on any atom is -0.168 e. The van der Waals surface area contributed by atoms with Crippen molar-refractivity contribution >= 4 is 48.1 Å². The van der Waals surface area contributed by atoms with Crippen molar-refractivity contribution in [2.45, 2.75) is 25.9 Å². The third kappa shape index (κ3) is 9.20. The van der Waals surface area contributed by atoms with Crippen LogP contribution in [0.25, 0.3) is 21.5 Å². The maximum absolute atomic E-state index is 8.74. The molecule has 28 heavy (non-hydrogen) atoms. The summed E-state index contributed by atoms with van der Waals surface area (Å²) in [6, 6.07) is 27.3. The summed E-state index contributed by atoms with van der Waals surface area (Å²) in [7, 11) is 11.0. The van der Waals surface area contributed by atoms with Crippen molar-refractivity contribution in [2.24, 2.45) is 0 Å². The fourth-order valence-electron chi connectivity index (χ4n) is 2.77. The van der Waals surface area contributed by atoms with Gasteiger partial charge in [-0.1, -0.05) is 31.6 Å². The van der Waals surface area contributed by atoms with Crippen LogP contribution in [0.4, 0.5) is 0 Å². The number of halogens is 2. The van der Waals surface area contributed by atoms with Crippen LogP contribution in [-0.4, -0.2) is 21.2 Å². The SMILES string of the molecule is C[Si]C.OCCCc1c[cH-]c2ccccc12.[Cl][Zr+2][Cl].c1ccc2[cH-]ccc2c1. The Labute approximate surface area is 189 Å². The van der Waals surface area contributed by atoms with Crippen LogP contribution < -0.4 is 0 Å². The van der Waals surface area contributed by atoms with E-state index in [2.05, 4.69) is 92.0 Å². The van der Waals surface area contributed by atoms with Crippen molar-refractivity contribution in [1.29, 1.82) is 0 Å². The maximum atomic E-state index is 8.74. The smallest absolute Gasteiger partial charge is 0.0809 e. The molecule has 0 aliphatic heterocycles. The summed E-state index contributed by atoms with van der Waals surface area (Å²) in [5.74, 6) is 0. The van der Waals surface area contributed by atoms with Gasteiger partial charge in [0.1, 0.15) is 0 Å². The predicted octanol–water partition coefficient (Wildman–Crippen LogP) is 7.21. The number of hydrogen-bond donors (Lipinski definition) is 1. The fraction of sp³-hybridized carbons (Fsp3) is 0.217. The first-order valence-electron chi connectivity index (χ1n) is 9.11. The van der Waals surface area contributed by atoms with Crippen LogP contribution in [0, 0.1) is 0 Å². The third-order valence-corrected chi connectivity index (χ3v) is 3.92. The molecule has 0 atom stereocenters. The Morgan fingerprint density at radius 2 is 1.54 bits per heavy atom. The molecular formula is C23H26Cl2OSiZr. The fourth-order valence-corrected chi connectivity index (χ4v) is 2.77. The Kier molecular flexibility index (Phi) is 14.6. The van der Waals surface area contributed by atoms with Gasteiger partial charge in [0.15, 0.2) is 0 Å². The van der Waals surface area contributed by atoms with Gasteiger partial charge >= 0.3 is 37.9 Å². The van der Waals surface area contributed by atoms with E-state index in [0.717, 1.165) is 22.4 Å². The number of aliphatic hydroxyl groups excluding tert-OH is 1. The molecule has 0 aliphatic rings. The minimum atomic E-state index is -0.826. The standard InChI is InChI=1S/C12H13O.C9H7.C2H6Si.2ClH.Zr/c13-9-3-5-11-8-7-10-4-1-2-6-12(10)11;1-2-5-9-7-3-6-8(9)4-1;1-3-2;;;/h1-2,4,6-8,13H,3,5,9H2;1-7H;1-2H3;2*1H;/q2*-1;;;;+4/p-2. The molecule has 0 unspecified atom stereocenters. The first-order valence-corrected chi connectivity index (χ1v) is 17.4. The molecule has 4 rings (SSSR count). The van der Waals surface area contributed by atoms with Gasteiger partial charge in [0.2, 0.25) is 0 Å². The molecular weight excluding hydrogens is 482 g/mol. The van der Waals surface area contributed by atoms with Crippen LogP contribution in [0.15, 0.2) is 78.9 Å². The van der Waals surface area contributed by atoms with Crippen LogP contribution in [0.2, 0.25) is 13.1 Å². The topological polar surface area (TPSA) is 20.2 Å². The zero-order chi connectivity index (χ0) is 20.6. The molecule has 2 radical (unpaired) electrons. The predicted molar refractivity (Wildman–Crippen MR) is 124 cm³/mol. The molecule has 0 fully saturated rings. The van der Waals surface area contributed by atoms with Gasteiger partial charge in [0.05, 0.1) is 0 Å². The molecule has 0 aromatic heterocycles. The Morgan fingerprint density at radius 3 is 2.18 bits per heavy atom. The molecule has 0 spiro atoms. The zero-order valence-electron chi connectivity index (χ0n) is 16.3. The van der Waals surface area contributed by atoms with E-state index in [1.807, 2.05) is 0 Å². The molecule has 1 nitrogen and oxygen atoms in total. The quantitative estimate of drug-likeness (QED) is 0.229. The van der Waals surface area contributed by atoms with Crippen molar-refractivity contribution in [2.75, 3.05) is 6.61 Å². The average Bonchev–Trinajstić information content (AvgIpc) is 3.35. The monoisotopic (exact) mass is 506 g/mol. The molecule has 1 N–H and O–H groups in total. The second kappa shape index (κ2) is 16.1. The van der Waals surface area contributed by atoms with Gasteiger partial charge < -0.3 is 5.11 Å². The Bertz CT molecular complexity index is 856. The van der Waals surface area contributed by atoms with Gasteiger partial charge in [0.25, 0.3) is 0 Å². The largest absolute Gasteiger partial charge is 0.168 e.